The summed E-state index contributed by atoms with van der Waals surface area (Å²) in [6.07, 6.45) is 3.48. The number of aromatic nitrogens is 1. The molecule has 1 aliphatic carbocycles. The Hall–Kier alpha value is -0.410. The van der Waals surface area contributed by atoms with Crippen molar-refractivity contribution in [1.82, 2.24) is 4.98 Å². The molecule has 0 saturated heterocycles. The van der Waals surface area contributed by atoms with Crippen LogP contribution in [0.5, 0.6) is 0 Å². The molecule has 1 aliphatic rings. The van der Waals surface area contributed by atoms with E-state index in [1.54, 1.807) is 11.3 Å². The van der Waals surface area contributed by atoms with Crippen molar-refractivity contribution >= 4 is 11.3 Å². The van der Waals surface area contributed by atoms with Crippen molar-refractivity contribution < 1.29 is 0 Å². The summed E-state index contributed by atoms with van der Waals surface area (Å²) in [7, 11) is 0. The van der Waals surface area contributed by atoms with E-state index < -0.39 is 0 Å². The van der Waals surface area contributed by atoms with Crippen LogP contribution in [0.1, 0.15) is 48.7 Å². The highest BCUT2D eigenvalue weighted by atomic mass is 32.1. The normalized spacial score (nSPS) is 35.3. The Morgan fingerprint density at radius 3 is 2.25 bits per heavy atom. The van der Waals surface area contributed by atoms with Gasteiger partial charge in [0, 0.05) is 4.88 Å². The predicted molar refractivity (Wildman–Crippen MR) is 69.6 cm³/mol. The molecule has 90 valence electrons. The lowest BCUT2D eigenvalue weighted by molar-refractivity contribution is 0.183. The molecule has 1 aromatic rings. The van der Waals surface area contributed by atoms with Crippen molar-refractivity contribution in [3.05, 3.63) is 15.6 Å². The zero-order valence-corrected chi connectivity index (χ0v) is 11.5. The van der Waals surface area contributed by atoms with Gasteiger partial charge in [-0.25, -0.2) is 4.98 Å². The van der Waals surface area contributed by atoms with E-state index in [0.29, 0.717) is 0 Å². The Kier molecular flexibility index (Phi) is 3.10. The van der Waals surface area contributed by atoms with Crippen LogP contribution in [-0.4, -0.2) is 4.98 Å². The molecule has 0 spiro atoms. The quantitative estimate of drug-likeness (QED) is 0.814. The monoisotopic (exact) mass is 238 g/mol. The average Bonchev–Trinajstić information content (AvgIpc) is 2.45. The van der Waals surface area contributed by atoms with Crippen molar-refractivity contribution in [3.63, 3.8) is 0 Å². The highest BCUT2D eigenvalue weighted by molar-refractivity contribution is 7.11. The van der Waals surface area contributed by atoms with Crippen LogP contribution in [-0.2, 0) is 5.54 Å². The maximum atomic E-state index is 6.59. The van der Waals surface area contributed by atoms with Crippen LogP contribution >= 0.6 is 11.3 Å². The van der Waals surface area contributed by atoms with Gasteiger partial charge in [0.1, 0.15) is 5.01 Å². The van der Waals surface area contributed by atoms with Crippen LogP contribution < -0.4 is 5.73 Å². The molecule has 0 amide bonds. The van der Waals surface area contributed by atoms with Gasteiger partial charge in [0.15, 0.2) is 0 Å². The topological polar surface area (TPSA) is 38.9 Å². The van der Waals surface area contributed by atoms with E-state index in [0.717, 1.165) is 35.4 Å². The summed E-state index contributed by atoms with van der Waals surface area (Å²) in [5, 5.41) is 1.15. The lowest BCUT2D eigenvalue weighted by atomic mass is 9.72. The van der Waals surface area contributed by atoms with E-state index in [2.05, 4.69) is 32.7 Å². The van der Waals surface area contributed by atoms with Crippen LogP contribution in [0.25, 0.3) is 0 Å². The molecule has 2 rings (SSSR count). The molecule has 2 atom stereocenters. The molecule has 16 heavy (non-hydrogen) atoms. The van der Waals surface area contributed by atoms with Gasteiger partial charge in [-0.3, -0.25) is 0 Å². The molecule has 2 unspecified atom stereocenters. The summed E-state index contributed by atoms with van der Waals surface area (Å²) in [4.78, 5) is 5.98. The zero-order valence-electron chi connectivity index (χ0n) is 10.7. The predicted octanol–water partition coefficient (Wildman–Crippen LogP) is 3.37. The van der Waals surface area contributed by atoms with Crippen molar-refractivity contribution in [1.29, 1.82) is 0 Å². The molecule has 1 saturated carbocycles. The van der Waals surface area contributed by atoms with E-state index >= 15 is 0 Å². The van der Waals surface area contributed by atoms with Crippen LogP contribution in [0.2, 0.25) is 0 Å². The van der Waals surface area contributed by atoms with Crippen molar-refractivity contribution in [2.24, 2.45) is 17.6 Å². The molecule has 0 aliphatic heterocycles. The first-order valence-electron chi connectivity index (χ1n) is 6.14. The molecule has 0 aromatic carbocycles. The summed E-state index contributed by atoms with van der Waals surface area (Å²) >= 11 is 1.79. The Morgan fingerprint density at radius 2 is 1.81 bits per heavy atom. The molecule has 1 fully saturated rings. The third kappa shape index (κ3) is 2.16. The first kappa shape index (κ1) is 12.1. The first-order valence-corrected chi connectivity index (χ1v) is 6.96. The second-order valence-corrected chi connectivity index (χ2v) is 6.87. The van der Waals surface area contributed by atoms with E-state index in [4.69, 9.17) is 5.73 Å². The van der Waals surface area contributed by atoms with Crippen molar-refractivity contribution in [2.75, 3.05) is 0 Å². The third-order valence-electron chi connectivity index (χ3n) is 3.68. The van der Waals surface area contributed by atoms with Gasteiger partial charge in [-0.15, -0.1) is 11.3 Å². The van der Waals surface area contributed by atoms with Gasteiger partial charge in [-0.1, -0.05) is 13.8 Å². The maximum absolute atomic E-state index is 6.59. The zero-order chi connectivity index (χ0) is 11.9. The van der Waals surface area contributed by atoms with Crippen molar-refractivity contribution in [2.45, 2.75) is 52.5 Å². The van der Waals surface area contributed by atoms with Crippen LogP contribution in [0, 0.1) is 25.7 Å². The SMILES string of the molecule is Cc1nc(C2(N)CC(C)CC(C)C2)sc1C. The molecular formula is C13H22N2S. The summed E-state index contributed by atoms with van der Waals surface area (Å²) in [6, 6.07) is 0. The lowest BCUT2D eigenvalue weighted by Gasteiger charge is -2.38. The minimum absolute atomic E-state index is 0.166. The molecule has 0 radical (unpaired) electrons. The second-order valence-electron chi connectivity index (χ2n) is 5.67. The Balaban J connectivity index is 2.30. The Morgan fingerprint density at radius 1 is 1.25 bits per heavy atom. The highest BCUT2D eigenvalue weighted by Gasteiger charge is 2.38. The van der Waals surface area contributed by atoms with Gasteiger partial charge in [-0.2, -0.15) is 0 Å². The average molecular weight is 238 g/mol. The fourth-order valence-electron chi connectivity index (χ4n) is 3.04. The first-order chi connectivity index (χ1) is 7.40. The largest absolute Gasteiger partial charge is 0.319 e. The van der Waals surface area contributed by atoms with E-state index in [1.807, 2.05) is 0 Å². The van der Waals surface area contributed by atoms with Gasteiger partial charge in [0.2, 0.25) is 0 Å². The van der Waals surface area contributed by atoms with E-state index in [1.165, 1.54) is 11.3 Å². The van der Waals surface area contributed by atoms with Crippen LogP contribution in [0.4, 0.5) is 0 Å². The number of aryl methyl sites for hydroxylation is 2. The van der Waals surface area contributed by atoms with Crippen LogP contribution in [0.15, 0.2) is 0 Å². The number of hydrogen-bond acceptors (Lipinski definition) is 3. The van der Waals surface area contributed by atoms with E-state index in [-0.39, 0.29) is 5.54 Å². The van der Waals surface area contributed by atoms with Gasteiger partial charge in [-0.05, 0) is 44.9 Å². The van der Waals surface area contributed by atoms with Gasteiger partial charge in [0.05, 0.1) is 11.2 Å². The standard InChI is InChI=1S/C13H22N2S/c1-8-5-9(2)7-13(14,6-8)12-15-10(3)11(4)16-12/h8-9H,5-7,14H2,1-4H3. The molecule has 2 nitrogen and oxygen atoms in total. The summed E-state index contributed by atoms with van der Waals surface area (Å²) in [6.45, 7) is 8.83. The molecule has 3 heteroatoms. The lowest BCUT2D eigenvalue weighted by Crippen LogP contribution is -2.43. The molecule has 0 bridgehead atoms. The van der Waals surface area contributed by atoms with E-state index in [9.17, 15) is 0 Å². The number of nitrogens with two attached hydrogens (primary N) is 1. The Bertz CT molecular complexity index is 354. The minimum atomic E-state index is -0.166. The second kappa shape index (κ2) is 4.11. The fourth-order valence-corrected chi connectivity index (χ4v) is 4.08. The van der Waals surface area contributed by atoms with Crippen LogP contribution in [0.3, 0.4) is 0 Å². The number of hydrogen-bond donors (Lipinski definition) is 1. The summed E-state index contributed by atoms with van der Waals surface area (Å²) < 4.78 is 0. The molecular weight excluding hydrogens is 216 g/mol. The molecule has 2 N–H and O–H groups in total. The maximum Gasteiger partial charge on any atom is 0.113 e. The highest BCUT2D eigenvalue weighted by Crippen LogP contribution is 2.42. The number of thiazole rings is 1. The number of nitrogens with zero attached hydrogens (tertiary/aromatic N) is 1. The number of rotatable bonds is 1. The molecule has 1 aromatic heterocycles. The Labute approximate surface area is 102 Å². The van der Waals surface area contributed by atoms with Crippen molar-refractivity contribution in [3.8, 4) is 0 Å². The summed E-state index contributed by atoms with van der Waals surface area (Å²) in [5.41, 5.74) is 7.57. The fraction of sp³-hybridized carbons (Fsp3) is 0.769. The van der Waals surface area contributed by atoms with Gasteiger partial charge >= 0.3 is 0 Å². The van der Waals surface area contributed by atoms with Gasteiger partial charge < -0.3 is 5.73 Å². The third-order valence-corrected chi connectivity index (χ3v) is 4.98. The smallest absolute Gasteiger partial charge is 0.113 e. The van der Waals surface area contributed by atoms with Gasteiger partial charge in [0.25, 0.3) is 0 Å². The summed E-state index contributed by atoms with van der Waals surface area (Å²) in [5.74, 6) is 1.44. The molecule has 1 heterocycles. The minimum Gasteiger partial charge on any atom is -0.319 e.